The minimum atomic E-state index is -8.95. The molecule has 0 aliphatic rings. The van der Waals surface area contributed by atoms with Gasteiger partial charge in [0.1, 0.15) is 0 Å². The van der Waals surface area contributed by atoms with Crippen LogP contribution in [-0.4, -0.2) is 92.8 Å². The van der Waals surface area contributed by atoms with Gasteiger partial charge in [0.25, 0.3) is 11.9 Å². The maximum atomic E-state index is 13.4. The lowest BCUT2D eigenvalue weighted by Gasteiger charge is -2.43. The number of hydrogen-bond donors (Lipinski definition) is 2. The van der Waals surface area contributed by atoms with Crippen LogP contribution in [0.5, 0.6) is 0 Å². The molecule has 226 valence electrons. The highest BCUT2D eigenvalue weighted by Gasteiger charge is 2.94. The third kappa shape index (κ3) is 5.93. The molecule has 2 N–H and O–H groups in total. The topological polar surface area (TPSA) is 66.4 Å². The van der Waals surface area contributed by atoms with Gasteiger partial charge in [-0.3, -0.25) is 4.55 Å². The van der Waals surface area contributed by atoms with E-state index in [-0.39, 0.29) is 0 Å². The number of rotatable bonds is 11. The largest absolute Gasteiger partial charge is 0.384 e. The first kappa shape index (κ1) is 37.7. The first-order valence-electron chi connectivity index (χ1n) is 8.23. The predicted octanol–water partition coefficient (Wildman–Crippen LogP) is 5.39. The molecule has 24 heteroatoms. The van der Waals surface area contributed by atoms with E-state index in [9.17, 15) is 91.8 Å². The van der Waals surface area contributed by atoms with Gasteiger partial charge in [0.15, 0.2) is 6.17 Å². The zero-order valence-corrected chi connectivity index (χ0v) is 18.0. The van der Waals surface area contributed by atoms with Crippen molar-refractivity contribution in [3.05, 3.63) is 0 Å². The highest BCUT2D eigenvalue weighted by Crippen LogP contribution is 2.63. The fourth-order valence-electron chi connectivity index (χ4n) is 1.84. The monoisotopic (exact) mass is 623 g/mol. The lowest BCUT2D eigenvalue weighted by atomic mass is 9.87. The fourth-order valence-corrected chi connectivity index (χ4v) is 2.36. The first-order valence-corrected chi connectivity index (χ1v) is 9.74. The Bertz CT molecular complexity index is 861. The van der Waals surface area contributed by atoms with Crippen LogP contribution in [0.2, 0.25) is 0 Å². The molecule has 0 spiro atoms. The van der Waals surface area contributed by atoms with Crippen LogP contribution in [-0.2, 0) is 10.1 Å². The molecule has 3 atom stereocenters. The van der Waals surface area contributed by atoms with Gasteiger partial charge in [-0.25, -0.2) is 22.0 Å². The van der Waals surface area contributed by atoms with E-state index < -0.39 is 75.8 Å². The Morgan fingerprint density at radius 2 is 0.811 bits per heavy atom. The molecule has 4 nitrogen and oxygen atoms in total. The maximum Gasteiger partial charge on any atom is 0.384 e. The standard InChI is InChI=1S/C11H5F19O3S.C2H7N/c12-1(3(14)15)2(13)5(17,18)7(21,22)9(25,26)11(29,30)10(27,28)8(23,24)6(19,20)4(16)34(31,32)33;1-3-2/h1-4H,(H,31,32,33);3H,1-2H3. The van der Waals surface area contributed by atoms with Crippen LogP contribution in [0.25, 0.3) is 0 Å². The molecule has 0 saturated heterocycles. The van der Waals surface area contributed by atoms with Crippen LogP contribution in [0.15, 0.2) is 0 Å². The fraction of sp³-hybridized carbons (Fsp3) is 1.00. The van der Waals surface area contributed by atoms with Crippen LogP contribution in [0.3, 0.4) is 0 Å². The summed E-state index contributed by atoms with van der Waals surface area (Å²) in [6.45, 7) is 0. The van der Waals surface area contributed by atoms with E-state index in [0.29, 0.717) is 0 Å². The molecule has 0 heterocycles. The van der Waals surface area contributed by atoms with Gasteiger partial charge in [-0.05, 0) is 14.1 Å². The average molecular weight is 623 g/mol. The molecule has 0 aliphatic heterocycles. The normalized spacial score (nSPS) is 17.7. The molecule has 37 heavy (non-hydrogen) atoms. The third-order valence-electron chi connectivity index (χ3n) is 3.83. The van der Waals surface area contributed by atoms with E-state index in [1.165, 1.54) is 0 Å². The maximum absolute atomic E-state index is 13.4. The van der Waals surface area contributed by atoms with Crippen molar-refractivity contribution in [1.82, 2.24) is 5.32 Å². The van der Waals surface area contributed by atoms with Gasteiger partial charge in [0, 0.05) is 0 Å². The Labute approximate surface area is 192 Å². The van der Waals surface area contributed by atoms with Crippen molar-refractivity contribution in [2.75, 3.05) is 14.1 Å². The molecular formula is C13H12F19NO3S. The van der Waals surface area contributed by atoms with E-state index in [0.717, 1.165) is 0 Å². The van der Waals surface area contributed by atoms with Gasteiger partial charge in [0.05, 0.1) is 0 Å². The Kier molecular flexibility index (Phi) is 11.2. The number of nitrogens with one attached hydrogen (secondary N) is 1. The molecule has 0 aliphatic carbocycles. The van der Waals surface area contributed by atoms with E-state index in [1.807, 2.05) is 14.1 Å². The molecule has 3 unspecified atom stereocenters. The Morgan fingerprint density at radius 1 is 0.568 bits per heavy atom. The van der Waals surface area contributed by atoms with Crippen molar-refractivity contribution < 1.29 is 96.4 Å². The smallest absolute Gasteiger partial charge is 0.323 e. The second-order valence-corrected chi connectivity index (χ2v) is 8.07. The average Bonchev–Trinajstić information content (AvgIpc) is 2.70. The van der Waals surface area contributed by atoms with Gasteiger partial charge in [-0.15, -0.1) is 0 Å². The third-order valence-corrected chi connectivity index (χ3v) is 4.65. The summed E-state index contributed by atoms with van der Waals surface area (Å²) in [6.07, 6.45) is -16.2. The van der Waals surface area contributed by atoms with Gasteiger partial charge in [-0.2, -0.15) is 69.9 Å². The highest BCUT2D eigenvalue weighted by molar-refractivity contribution is 7.86. The van der Waals surface area contributed by atoms with E-state index in [2.05, 4.69) is 5.32 Å². The Hall–Kier alpha value is -1.46. The number of alkyl halides is 19. The van der Waals surface area contributed by atoms with Crippen molar-refractivity contribution in [3.8, 4) is 0 Å². The molecule has 0 aromatic carbocycles. The Balaban J connectivity index is 0. The lowest BCUT2D eigenvalue weighted by Crippen LogP contribution is -2.75. The van der Waals surface area contributed by atoms with Crippen LogP contribution in [0.4, 0.5) is 83.4 Å². The van der Waals surface area contributed by atoms with Gasteiger partial charge in [0.2, 0.25) is 6.17 Å². The van der Waals surface area contributed by atoms with Crippen molar-refractivity contribution in [1.29, 1.82) is 0 Å². The van der Waals surface area contributed by atoms with Crippen LogP contribution < -0.4 is 5.32 Å². The molecule has 0 saturated carbocycles. The molecular weight excluding hydrogens is 611 g/mol. The summed E-state index contributed by atoms with van der Waals surface area (Å²) in [5.41, 5.74) is -6.04. The molecule has 0 bridgehead atoms. The van der Waals surface area contributed by atoms with Gasteiger partial charge >= 0.3 is 51.6 Å². The summed E-state index contributed by atoms with van der Waals surface area (Å²) < 4.78 is 276. The first-order chi connectivity index (χ1) is 15.8. The number of halogens is 19. The van der Waals surface area contributed by atoms with Crippen molar-refractivity contribution in [2.24, 2.45) is 0 Å². The summed E-state index contributed by atoms with van der Waals surface area (Å²) in [5.74, 6) is -59.5. The molecule has 0 fully saturated rings. The zero-order chi connectivity index (χ0) is 31.0. The van der Waals surface area contributed by atoms with Crippen molar-refractivity contribution in [2.45, 2.75) is 65.7 Å². The van der Waals surface area contributed by atoms with Crippen LogP contribution in [0, 0.1) is 0 Å². The summed E-state index contributed by atoms with van der Waals surface area (Å²) in [5, 5.41) is 2.75. The minimum Gasteiger partial charge on any atom is -0.323 e. The summed E-state index contributed by atoms with van der Waals surface area (Å²) in [6, 6.07) is 0. The predicted molar refractivity (Wildman–Crippen MR) is 81.9 cm³/mol. The summed E-state index contributed by atoms with van der Waals surface area (Å²) >= 11 is 0. The van der Waals surface area contributed by atoms with Crippen LogP contribution in [0.1, 0.15) is 0 Å². The molecule has 0 radical (unpaired) electrons. The SMILES string of the molecule is CNC.O=S(=O)(O)C(F)C(F)(F)C(F)(F)C(F)(F)C(F)(F)C(F)(F)C(F)(F)C(F)(F)C(F)C(F)C(F)F. The highest BCUT2D eigenvalue weighted by atomic mass is 32.2. The summed E-state index contributed by atoms with van der Waals surface area (Å²) in [7, 11) is -3.51. The quantitative estimate of drug-likeness (QED) is 0.239. The second kappa shape index (κ2) is 11.0. The summed E-state index contributed by atoms with van der Waals surface area (Å²) in [4.78, 5) is 0. The van der Waals surface area contributed by atoms with Crippen LogP contribution >= 0.6 is 0 Å². The number of hydrogen-bond acceptors (Lipinski definition) is 3. The zero-order valence-electron chi connectivity index (χ0n) is 17.2. The lowest BCUT2D eigenvalue weighted by molar-refractivity contribution is -0.446. The van der Waals surface area contributed by atoms with E-state index in [4.69, 9.17) is 4.55 Å². The Morgan fingerprint density at radius 3 is 1.05 bits per heavy atom. The van der Waals surface area contributed by atoms with Crippen molar-refractivity contribution >= 4 is 10.1 Å². The molecule has 0 aromatic rings. The molecule has 0 rings (SSSR count). The molecule has 0 amide bonds. The van der Waals surface area contributed by atoms with Crippen molar-refractivity contribution in [3.63, 3.8) is 0 Å². The van der Waals surface area contributed by atoms with Gasteiger partial charge in [-0.1, -0.05) is 0 Å². The second-order valence-electron chi connectivity index (χ2n) is 6.63. The van der Waals surface area contributed by atoms with E-state index in [1.54, 1.807) is 0 Å². The molecule has 0 aromatic heterocycles. The van der Waals surface area contributed by atoms with Gasteiger partial charge < -0.3 is 5.32 Å². The minimum absolute atomic E-state index is 1.88. The van der Waals surface area contributed by atoms with E-state index >= 15 is 0 Å².